The number of ether oxygens (including phenoxy) is 2. The van der Waals surface area contributed by atoms with Crippen LogP contribution in [0.15, 0.2) is 66.7 Å². The molecule has 3 aromatic carbocycles. The van der Waals surface area contributed by atoms with Gasteiger partial charge in [-0.15, -0.1) is 0 Å². The number of rotatable bonds is 12. The van der Waals surface area contributed by atoms with Gasteiger partial charge in [-0.25, -0.2) is 8.42 Å². The van der Waals surface area contributed by atoms with Crippen molar-refractivity contribution in [2.75, 3.05) is 48.2 Å². The number of carbonyl (C=O) groups excluding carboxylic acids is 1. The van der Waals surface area contributed by atoms with Gasteiger partial charge in [-0.1, -0.05) is 36.4 Å². The molecule has 0 radical (unpaired) electrons. The molecule has 2 aliphatic rings. The summed E-state index contributed by atoms with van der Waals surface area (Å²) in [6.45, 7) is 4.46. The van der Waals surface area contributed by atoms with Crippen molar-refractivity contribution in [1.29, 1.82) is 0 Å². The van der Waals surface area contributed by atoms with E-state index >= 15 is 0 Å². The molecule has 1 saturated heterocycles. The molecule has 2 atom stereocenters. The van der Waals surface area contributed by atoms with Crippen molar-refractivity contribution in [2.24, 2.45) is 0 Å². The van der Waals surface area contributed by atoms with Crippen LogP contribution in [0.3, 0.4) is 0 Å². The quantitative estimate of drug-likeness (QED) is 0.183. The number of aliphatic hydroxyl groups excluding tert-OH is 1. The Hall–Kier alpha value is -4.33. The summed E-state index contributed by atoms with van der Waals surface area (Å²) >= 11 is 0. The summed E-state index contributed by atoms with van der Waals surface area (Å²) in [5.41, 5.74) is 3.40. The van der Waals surface area contributed by atoms with Crippen LogP contribution in [-0.4, -0.2) is 81.8 Å². The van der Waals surface area contributed by atoms with Gasteiger partial charge in [0, 0.05) is 37.4 Å². The number of carbonyl (C=O) groups is 2. The van der Waals surface area contributed by atoms with Gasteiger partial charge in [0.05, 0.1) is 23.6 Å². The number of sulfonamides is 1. The molecule has 0 aromatic heterocycles. The van der Waals surface area contributed by atoms with Crippen LogP contribution < -0.4 is 29.7 Å². The normalized spacial score (nSPS) is 16.3. The lowest BCUT2D eigenvalue weighted by atomic mass is 10.00. The first-order valence-electron chi connectivity index (χ1n) is 15.3. The fraction of sp³-hybridized carbons (Fsp3) is 0.394. The van der Waals surface area contributed by atoms with E-state index in [1.165, 1.54) is 4.31 Å². The van der Waals surface area contributed by atoms with Crippen LogP contribution in [-0.2, 0) is 27.8 Å². The largest absolute Gasteiger partial charge is 0.486 e. The van der Waals surface area contributed by atoms with E-state index < -0.39 is 22.2 Å². The van der Waals surface area contributed by atoms with E-state index in [0.717, 1.165) is 23.3 Å². The molecule has 2 heterocycles. The van der Waals surface area contributed by atoms with E-state index in [1.54, 1.807) is 18.2 Å². The van der Waals surface area contributed by atoms with Gasteiger partial charge in [0.25, 0.3) is 12.4 Å². The van der Waals surface area contributed by atoms with Crippen molar-refractivity contribution in [2.45, 2.75) is 44.9 Å². The first-order chi connectivity index (χ1) is 22.2. The number of nitrogens with zero attached hydrogens (tertiary/aromatic N) is 1. The van der Waals surface area contributed by atoms with Crippen molar-refractivity contribution >= 4 is 33.8 Å². The number of amides is 1. The molecular formula is C33H42N4O8S. The van der Waals surface area contributed by atoms with Gasteiger partial charge in [-0.2, -0.15) is 0 Å². The summed E-state index contributed by atoms with van der Waals surface area (Å²) in [4.78, 5) is 22.0. The molecule has 0 aliphatic carbocycles. The first-order valence-corrected chi connectivity index (χ1v) is 16.9. The average molecular weight is 655 g/mol. The number of hydrogen-bond donors (Lipinski definition) is 5. The zero-order valence-corrected chi connectivity index (χ0v) is 26.7. The topological polar surface area (TPSA) is 167 Å². The van der Waals surface area contributed by atoms with Gasteiger partial charge in [0.15, 0.2) is 11.5 Å². The first kappa shape index (κ1) is 34.5. The predicted molar refractivity (Wildman–Crippen MR) is 176 cm³/mol. The van der Waals surface area contributed by atoms with Crippen LogP contribution in [0.4, 0.5) is 11.4 Å². The lowest BCUT2D eigenvalue weighted by Gasteiger charge is -2.29. The van der Waals surface area contributed by atoms with E-state index in [2.05, 4.69) is 16.0 Å². The Labute approximate surface area is 269 Å². The van der Waals surface area contributed by atoms with Crippen molar-refractivity contribution in [1.82, 2.24) is 10.6 Å². The molecule has 1 amide bonds. The molecule has 248 valence electrons. The number of anilines is 2. The molecule has 0 saturated carbocycles. The van der Waals surface area contributed by atoms with Gasteiger partial charge in [-0.05, 0) is 67.6 Å². The van der Waals surface area contributed by atoms with E-state index in [-0.39, 0.29) is 24.7 Å². The van der Waals surface area contributed by atoms with E-state index in [1.807, 2.05) is 55.5 Å². The van der Waals surface area contributed by atoms with Gasteiger partial charge >= 0.3 is 0 Å². The third-order valence-corrected chi connectivity index (χ3v) is 9.44. The molecular weight excluding hydrogens is 612 g/mol. The van der Waals surface area contributed by atoms with Crippen molar-refractivity contribution < 1.29 is 37.7 Å². The van der Waals surface area contributed by atoms with E-state index in [9.17, 15) is 18.3 Å². The van der Waals surface area contributed by atoms with E-state index in [4.69, 9.17) is 19.4 Å². The molecule has 3 aromatic rings. The lowest BCUT2D eigenvalue weighted by Crippen LogP contribution is -2.48. The summed E-state index contributed by atoms with van der Waals surface area (Å²) in [6, 6.07) is 19.9. The number of benzene rings is 3. The minimum atomic E-state index is -3.46. The number of carboxylic acid groups (broad SMARTS) is 1. The third-order valence-electron chi connectivity index (χ3n) is 7.57. The highest BCUT2D eigenvalue weighted by Crippen LogP contribution is 2.31. The minimum absolute atomic E-state index is 0.0879. The standard InChI is InChI=1S/C32H40N4O6S.CH2O2/c1-2-34-26-18-25(19-27(20-26)36-12-6-7-15-43(36,39)40)32(38)35-28(16-23-8-4-3-5-9-23)29(37)22-33-21-24-10-11-30-31(17-24)42-14-13-41-30;2-1-3/h3-5,8-11,17-20,28-29,33-34,37H,2,6-7,12-16,21-22H2,1H3,(H,35,38);1H,(H,2,3)/t28-,29+;/m0./s1. The molecule has 12 nitrogen and oxygen atoms in total. The maximum Gasteiger partial charge on any atom is 0.290 e. The Kier molecular flexibility index (Phi) is 12.6. The van der Waals surface area contributed by atoms with Gasteiger partial charge in [0.2, 0.25) is 10.0 Å². The SMILES string of the molecule is CCNc1cc(C(=O)N[C@@H](Cc2ccccc2)[C@H](O)CNCc2ccc3c(c2)OCCO3)cc(N2CCCCS2(=O)=O)c1.O=CO. The Morgan fingerprint density at radius 2 is 1.74 bits per heavy atom. The highest BCUT2D eigenvalue weighted by molar-refractivity contribution is 7.92. The van der Waals surface area contributed by atoms with Crippen LogP contribution in [0, 0.1) is 0 Å². The number of aliphatic hydroxyl groups is 1. The molecule has 0 unspecified atom stereocenters. The number of nitrogens with one attached hydrogen (secondary N) is 3. The fourth-order valence-electron chi connectivity index (χ4n) is 5.38. The molecule has 1 fully saturated rings. The van der Waals surface area contributed by atoms with Gasteiger partial charge in [-0.3, -0.25) is 13.9 Å². The minimum Gasteiger partial charge on any atom is -0.486 e. The maximum absolute atomic E-state index is 13.7. The Balaban J connectivity index is 0.00000154. The second kappa shape index (κ2) is 16.8. The van der Waals surface area contributed by atoms with Crippen LogP contribution in [0.1, 0.15) is 41.3 Å². The third kappa shape index (κ3) is 9.59. The van der Waals surface area contributed by atoms with Crippen LogP contribution >= 0.6 is 0 Å². The molecule has 0 bridgehead atoms. The van der Waals surface area contributed by atoms with Crippen molar-refractivity contribution in [3.05, 3.63) is 83.4 Å². The second-order valence-corrected chi connectivity index (χ2v) is 13.0. The lowest BCUT2D eigenvalue weighted by molar-refractivity contribution is -0.122. The highest BCUT2D eigenvalue weighted by atomic mass is 32.2. The summed E-state index contributed by atoms with van der Waals surface area (Å²) in [5.74, 6) is 1.13. The van der Waals surface area contributed by atoms with Crippen molar-refractivity contribution in [3.63, 3.8) is 0 Å². The van der Waals surface area contributed by atoms with Crippen LogP contribution in [0.5, 0.6) is 11.5 Å². The summed E-state index contributed by atoms with van der Waals surface area (Å²) in [7, 11) is -3.46. The average Bonchev–Trinajstić information content (AvgIpc) is 3.05. The zero-order valence-electron chi connectivity index (χ0n) is 25.9. The number of hydrogen-bond acceptors (Lipinski definition) is 9. The molecule has 46 heavy (non-hydrogen) atoms. The maximum atomic E-state index is 13.7. The zero-order chi connectivity index (χ0) is 32.9. The Morgan fingerprint density at radius 3 is 2.46 bits per heavy atom. The summed E-state index contributed by atoms with van der Waals surface area (Å²) in [6.07, 6.45) is 0.900. The molecule has 13 heteroatoms. The van der Waals surface area contributed by atoms with E-state index in [0.29, 0.717) is 68.4 Å². The Bertz CT molecular complexity index is 1550. The van der Waals surface area contributed by atoms with Crippen molar-refractivity contribution in [3.8, 4) is 11.5 Å². The molecule has 5 N–H and O–H groups in total. The predicted octanol–water partition coefficient (Wildman–Crippen LogP) is 3.01. The summed E-state index contributed by atoms with van der Waals surface area (Å²) in [5, 5.41) is 27.7. The smallest absolute Gasteiger partial charge is 0.290 e. The van der Waals surface area contributed by atoms with Crippen LogP contribution in [0.2, 0.25) is 0 Å². The molecule has 5 rings (SSSR count). The molecule has 2 aliphatic heterocycles. The Morgan fingerprint density at radius 1 is 1.00 bits per heavy atom. The summed E-state index contributed by atoms with van der Waals surface area (Å²) < 4.78 is 38.3. The van der Waals surface area contributed by atoms with Gasteiger partial charge < -0.3 is 35.6 Å². The monoisotopic (exact) mass is 654 g/mol. The number of fused-ring (bicyclic) bond motifs is 1. The van der Waals surface area contributed by atoms with Crippen LogP contribution in [0.25, 0.3) is 0 Å². The second-order valence-electron chi connectivity index (χ2n) is 10.9. The van der Waals surface area contributed by atoms with Gasteiger partial charge in [0.1, 0.15) is 13.2 Å². The molecule has 0 spiro atoms. The highest BCUT2D eigenvalue weighted by Gasteiger charge is 2.28. The fourth-order valence-corrected chi connectivity index (χ4v) is 7.00.